The van der Waals surface area contributed by atoms with Crippen molar-refractivity contribution in [3.8, 4) is 0 Å². The molecule has 1 aromatic heterocycles. The Labute approximate surface area is 148 Å². The maximum absolute atomic E-state index is 12.9. The summed E-state index contributed by atoms with van der Waals surface area (Å²) in [5, 5.41) is 2.97. The summed E-state index contributed by atoms with van der Waals surface area (Å²) < 4.78 is 38.3. The molecule has 25 heavy (non-hydrogen) atoms. The summed E-state index contributed by atoms with van der Waals surface area (Å²) in [5.74, 6) is -0.664. The van der Waals surface area contributed by atoms with E-state index in [-0.39, 0.29) is 15.3 Å². The zero-order valence-electron chi connectivity index (χ0n) is 12.4. The molecule has 0 saturated heterocycles. The van der Waals surface area contributed by atoms with Gasteiger partial charge in [-0.3, -0.25) is 9.59 Å². The minimum absolute atomic E-state index is 0.0606. The van der Waals surface area contributed by atoms with Crippen LogP contribution >= 0.6 is 22.9 Å². The first-order valence-corrected chi connectivity index (χ1v) is 8.16. The van der Waals surface area contributed by atoms with Gasteiger partial charge in [-0.1, -0.05) is 41.1 Å². The van der Waals surface area contributed by atoms with Gasteiger partial charge in [0.25, 0.3) is 5.91 Å². The number of nitrogens with one attached hydrogen (secondary N) is 1. The van der Waals surface area contributed by atoms with Gasteiger partial charge in [0.2, 0.25) is 4.74 Å². The first-order valence-electron chi connectivity index (χ1n) is 6.97. The van der Waals surface area contributed by atoms with Gasteiger partial charge in [-0.25, -0.2) is 0 Å². The lowest BCUT2D eigenvalue weighted by molar-refractivity contribution is -0.137. The van der Waals surface area contributed by atoms with Crippen LogP contribution in [0, 0.1) is 0 Å². The molecule has 0 aliphatic rings. The molecule has 0 radical (unpaired) electrons. The summed E-state index contributed by atoms with van der Waals surface area (Å²) >= 11 is 6.28. The molecule has 0 atom stereocenters. The smallest absolute Gasteiger partial charge is 0.321 e. The van der Waals surface area contributed by atoms with Crippen LogP contribution in [-0.2, 0) is 6.18 Å². The number of hydrogen-bond donors (Lipinski definition) is 1. The van der Waals surface area contributed by atoms with Crippen molar-refractivity contribution in [1.29, 1.82) is 0 Å². The molecule has 1 N–H and O–H groups in total. The molecule has 0 bridgehead atoms. The lowest BCUT2D eigenvalue weighted by Gasteiger charge is -2.11. The van der Waals surface area contributed by atoms with E-state index in [0.29, 0.717) is 10.8 Å². The van der Waals surface area contributed by atoms with Gasteiger partial charge in [0.05, 0.1) is 15.5 Å². The van der Waals surface area contributed by atoms with Crippen molar-refractivity contribution >= 4 is 45.3 Å². The van der Waals surface area contributed by atoms with E-state index in [9.17, 15) is 22.8 Å². The Balaban J connectivity index is 1.94. The van der Waals surface area contributed by atoms with E-state index in [0.717, 1.165) is 23.5 Å². The molecule has 0 unspecified atom stereocenters. The minimum Gasteiger partial charge on any atom is -0.321 e. The molecule has 1 heterocycles. The van der Waals surface area contributed by atoms with Gasteiger partial charge >= 0.3 is 6.18 Å². The van der Waals surface area contributed by atoms with E-state index in [1.807, 2.05) is 0 Å². The zero-order valence-corrected chi connectivity index (χ0v) is 13.9. The van der Waals surface area contributed by atoms with Crippen LogP contribution in [0.2, 0.25) is 5.02 Å². The maximum Gasteiger partial charge on any atom is 0.417 e. The van der Waals surface area contributed by atoms with Crippen LogP contribution in [0.4, 0.5) is 18.9 Å². The van der Waals surface area contributed by atoms with Crippen molar-refractivity contribution in [1.82, 2.24) is 0 Å². The molecule has 3 nitrogen and oxygen atoms in total. The third-order valence-electron chi connectivity index (χ3n) is 3.42. The van der Waals surface area contributed by atoms with E-state index in [1.54, 1.807) is 24.3 Å². The normalized spacial score (nSPS) is 11.5. The number of benzene rings is 2. The topological polar surface area (TPSA) is 46.2 Å². The first kappa shape index (κ1) is 17.4. The average Bonchev–Trinajstić information content (AvgIpc) is 2.55. The maximum atomic E-state index is 12.9. The molecular formula is C17H9ClF3NO2S. The van der Waals surface area contributed by atoms with E-state index in [4.69, 9.17) is 11.6 Å². The molecule has 0 fully saturated rings. The van der Waals surface area contributed by atoms with Gasteiger partial charge in [-0.2, -0.15) is 13.2 Å². The monoisotopic (exact) mass is 383 g/mol. The molecule has 8 heteroatoms. The number of carbonyl (C=O) groups excluding carboxylic acids is 1. The van der Waals surface area contributed by atoms with Crippen LogP contribution in [0.5, 0.6) is 0 Å². The van der Waals surface area contributed by atoms with Gasteiger partial charge in [0, 0.05) is 11.1 Å². The van der Waals surface area contributed by atoms with Crippen molar-refractivity contribution in [2.75, 3.05) is 5.32 Å². The fourth-order valence-corrected chi connectivity index (χ4v) is 3.31. The lowest BCUT2D eigenvalue weighted by atomic mass is 10.2. The quantitative estimate of drug-likeness (QED) is 0.662. The van der Waals surface area contributed by atoms with Crippen LogP contribution in [0.25, 0.3) is 10.8 Å². The van der Waals surface area contributed by atoms with Crippen LogP contribution in [0.1, 0.15) is 15.2 Å². The average molecular weight is 384 g/mol. The Hall–Kier alpha value is -2.38. The van der Waals surface area contributed by atoms with Gasteiger partial charge < -0.3 is 5.32 Å². The highest BCUT2D eigenvalue weighted by atomic mass is 35.5. The molecule has 128 valence electrons. The number of amides is 1. The highest BCUT2D eigenvalue weighted by molar-refractivity contribution is 7.12. The second-order valence-corrected chi connectivity index (χ2v) is 6.55. The lowest BCUT2D eigenvalue weighted by Crippen LogP contribution is -2.14. The molecule has 0 spiro atoms. The summed E-state index contributed by atoms with van der Waals surface area (Å²) in [5.41, 5.74) is -1.10. The predicted molar refractivity (Wildman–Crippen MR) is 92.5 cm³/mol. The number of hydrogen-bond acceptors (Lipinski definition) is 3. The molecule has 3 aromatic rings. The van der Waals surface area contributed by atoms with Gasteiger partial charge in [-0.05, 0) is 35.7 Å². The van der Waals surface area contributed by atoms with E-state index < -0.39 is 22.7 Å². The Morgan fingerprint density at radius 3 is 2.52 bits per heavy atom. The Bertz CT molecular complexity index is 1030. The van der Waals surface area contributed by atoms with Crippen LogP contribution in [-0.4, -0.2) is 5.91 Å². The molecule has 0 aliphatic heterocycles. The van der Waals surface area contributed by atoms with E-state index in [1.165, 1.54) is 12.1 Å². The Morgan fingerprint density at radius 2 is 1.80 bits per heavy atom. The van der Waals surface area contributed by atoms with Gasteiger partial charge in [0.15, 0.2) is 0 Å². The SMILES string of the molecule is O=C(Nc1ccc(Cl)c(C(F)(F)F)c1)c1cc2ccccc2c(=O)s1. The van der Waals surface area contributed by atoms with Crippen LogP contribution in [0.15, 0.2) is 53.3 Å². The molecular weight excluding hydrogens is 375 g/mol. The highest BCUT2D eigenvalue weighted by Crippen LogP contribution is 2.36. The van der Waals surface area contributed by atoms with Crippen molar-refractivity contribution < 1.29 is 18.0 Å². The number of fused-ring (bicyclic) bond motifs is 1. The molecule has 2 aromatic carbocycles. The largest absolute Gasteiger partial charge is 0.417 e. The highest BCUT2D eigenvalue weighted by Gasteiger charge is 2.33. The zero-order chi connectivity index (χ0) is 18.2. The summed E-state index contributed by atoms with van der Waals surface area (Å²) in [6, 6.07) is 11.4. The first-order chi connectivity index (χ1) is 11.8. The fraction of sp³-hybridized carbons (Fsp3) is 0.0588. The fourth-order valence-electron chi connectivity index (χ4n) is 2.26. The van der Waals surface area contributed by atoms with Gasteiger partial charge in [-0.15, -0.1) is 0 Å². The second-order valence-electron chi connectivity index (χ2n) is 5.13. The molecule has 0 aliphatic carbocycles. The Kier molecular flexibility index (Phi) is 4.53. The third kappa shape index (κ3) is 3.67. The standard InChI is InChI=1S/C17H9ClF3NO2S/c18-13-6-5-10(8-12(13)17(19,20)21)22-15(23)14-7-9-3-1-2-4-11(9)16(24)25-14/h1-8H,(H,22,23). The number of alkyl halides is 3. The van der Waals surface area contributed by atoms with E-state index >= 15 is 0 Å². The molecule has 3 rings (SSSR count). The molecule has 0 saturated carbocycles. The van der Waals surface area contributed by atoms with Crippen LogP contribution < -0.4 is 10.1 Å². The summed E-state index contributed by atoms with van der Waals surface area (Å²) in [6.07, 6.45) is -4.63. The summed E-state index contributed by atoms with van der Waals surface area (Å²) in [7, 11) is 0. The van der Waals surface area contributed by atoms with Crippen molar-refractivity contribution in [3.63, 3.8) is 0 Å². The predicted octanol–water partition coefficient (Wildman–Crippen LogP) is 5.19. The van der Waals surface area contributed by atoms with Crippen molar-refractivity contribution in [2.24, 2.45) is 0 Å². The summed E-state index contributed by atoms with van der Waals surface area (Å²) in [4.78, 5) is 24.5. The second kappa shape index (κ2) is 6.50. The van der Waals surface area contributed by atoms with Crippen LogP contribution in [0.3, 0.4) is 0 Å². The Morgan fingerprint density at radius 1 is 1.08 bits per heavy atom. The van der Waals surface area contributed by atoms with E-state index in [2.05, 4.69) is 5.32 Å². The molecule has 1 amide bonds. The van der Waals surface area contributed by atoms with Crippen molar-refractivity contribution in [3.05, 3.63) is 73.5 Å². The van der Waals surface area contributed by atoms with Crippen molar-refractivity contribution in [2.45, 2.75) is 6.18 Å². The number of carbonyl (C=O) groups is 1. The number of halogens is 4. The third-order valence-corrected chi connectivity index (χ3v) is 4.68. The number of rotatable bonds is 2. The number of anilines is 1. The van der Waals surface area contributed by atoms with Gasteiger partial charge in [0.1, 0.15) is 0 Å². The summed E-state index contributed by atoms with van der Waals surface area (Å²) in [6.45, 7) is 0. The minimum atomic E-state index is -4.63.